The quantitative estimate of drug-likeness (QED) is 0.882. The van der Waals surface area contributed by atoms with Crippen LogP contribution in [0, 0.1) is 0 Å². The van der Waals surface area contributed by atoms with E-state index in [1.54, 1.807) is 17.0 Å². The first-order valence-corrected chi connectivity index (χ1v) is 6.83. The highest BCUT2D eigenvalue weighted by Gasteiger charge is 2.16. The Hall–Kier alpha value is -2.62. The molecule has 0 aliphatic heterocycles. The molecule has 21 heavy (non-hydrogen) atoms. The summed E-state index contributed by atoms with van der Waals surface area (Å²) in [7, 11) is 0. The lowest BCUT2D eigenvalue weighted by atomic mass is 10.1. The predicted octanol–water partition coefficient (Wildman–Crippen LogP) is 2.20. The molecule has 2 N–H and O–H groups in total. The van der Waals surface area contributed by atoms with Crippen molar-refractivity contribution in [1.82, 2.24) is 4.90 Å². The van der Waals surface area contributed by atoms with Crippen molar-refractivity contribution < 1.29 is 9.59 Å². The van der Waals surface area contributed by atoms with Gasteiger partial charge in [0.25, 0.3) is 5.91 Å². The molecule has 0 bridgehead atoms. The Balaban J connectivity index is 2.15. The van der Waals surface area contributed by atoms with E-state index in [0.29, 0.717) is 18.7 Å². The van der Waals surface area contributed by atoms with Crippen molar-refractivity contribution in [2.75, 3.05) is 6.54 Å². The van der Waals surface area contributed by atoms with Gasteiger partial charge in [-0.15, -0.1) is 0 Å². The van der Waals surface area contributed by atoms with E-state index >= 15 is 0 Å². The fraction of sp³-hybridized carbons (Fsp3) is 0.176. The molecule has 0 saturated heterocycles. The Labute approximate surface area is 124 Å². The maximum absolute atomic E-state index is 12.5. The van der Waals surface area contributed by atoms with E-state index in [1.165, 1.54) is 0 Å². The summed E-state index contributed by atoms with van der Waals surface area (Å²) < 4.78 is 0. The van der Waals surface area contributed by atoms with Gasteiger partial charge >= 0.3 is 0 Å². The van der Waals surface area contributed by atoms with Crippen LogP contribution in [0.4, 0.5) is 0 Å². The van der Waals surface area contributed by atoms with Crippen molar-refractivity contribution in [3.8, 4) is 0 Å². The van der Waals surface area contributed by atoms with Gasteiger partial charge in [-0.05, 0) is 17.7 Å². The van der Waals surface area contributed by atoms with E-state index < -0.39 is 5.91 Å². The molecule has 0 spiro atoms. The Morgan fingerprint density at radius 3 is 2.05 bits per heavy atom. The molecule has 2 aromatic rings. The molecule has 4 nitrogen and oxygen atoms in total. The van der Waals surface area contributed by atoms with Gasteiger partial charge in [0.2, 0.25) is 5.91 Å². The second-order valence-corrected chi connectivity index (χ2v) is 4.79. The number of carbonyl (C=O) groups is 2. The van der Waals surface area contributed by atoms with Crippen LogP contribution in [-0.2, 0) is 11.3 Å². The summed E-state index contributed by atoms with van der Waals surface area (Å²) in [5.41, 5.74) is 6.82. The minimum atomic E-state index is -0.408. The van der Waals surface area contributed by atoms with Crippen LogP contribution in [0.1, 0.15) is 22.3 Å². The number of rotatable bonds is 6. The number of primary amides is 1. The zero-order valence-corrected chi connectivity index (χ0v) is 11.7. The Morgan fingerprint density at radius 2 is 1.48 bits per heavy atom. The fourth-order valence-electron chi connectivity index (χ4n) is 2.06. The van der Waals surface area contributed by atoms with Gasteiger partial charge in [-0.25, -0.2) is 0 Å². The number of nitrogens with two attached hydrogens (primary N) is 1. The van der Waals surface area contributed by atoms with Gasteiger partial charge < -0.3 is 10.6 Å². The molecule has 0 aromatic heterocycles. The molecular formula is C17H18N2O2. The maximum Gasteiger partial charge on any atom is 0.254 e. The van der Waals surface area contributed by atoms with E-state index in [9.17, 15) is 9.59 Å². The third kappa shape index (κ3) is 4.45. The maximum atomic E-state index is 12.5. The van der Waals surface area contributed by atoms with E-state index in [-0.39, 0.29) is 12.3 Å². The molecule has 0 aliphatic rings. The van der Waals surface area contributed by atoms with Crippen LogP contribution in [0.2, 0.25) is 0 Å². The van der Waals surface area contributed by atoms with E-state index in [1.807, 2.05) is 48.5 Å². The average molecular weight is 282 g/mol. The van der Waals surface area contributed by atoms with E-state index in [4.69, 9.17) is 5.73 Å². The highest BCUT2D eigenvalue weighted by atomic mass is 16.2. The monoisotopic (exact) mass is 282 g/mol. The topological polar surface area (TPSA) is 63.4 Å². The van der Waals surface area contributed by atoms with Crippen LogP contribution in [0.5, 0.6) is 0 Å². The highest BCUT2D eigenvalue weighted by Crippen LogP contribution is 2.10. The Morgan fingerprint density at radius 1 is 0.905 bits per heavy atom. The summed E-state index contributed by atoms with van der Waals surface area (Å²) in [6.45, 7) is 0.778. The number of amides is 2. The lowest BCUT2D eigenvalue weighted by molar-refractivity contribution is -0.118. The van der Waals surface area contributed by atoms with Crippen LogP contribution in [-0.4, -0.2) is 23.3 Å². The van der Waals surface area contributed by atoms with Crippen molar-refractivity contribution in [2.24, 2.45) is 5.73 Å². The predicted molar refractivity (Wildman–Crippen MR) is 81.4 cm³/mol. The van der Waals surface area contributed by atoms with Crippen LogP contribution in [0.3, 0.4) is 0 Å². The van der Waals surface area contributed by atoms with E-state index in [2.05, 4.69) is 0 Å². The molecule has 0 radical (unpaired) electrons. The minimum Gasteiger partial charge on any atom is -0.370 e. The van der Waals surface area contributed by atoms with Gasteiger partial charge in [0.1, 0.15) is 0 Å². The lowest BCUT2D eigenvalue weighted by Gasteiger charge is -2.22. The first-order chi connectivity index (χ1) is 10.2. The molecule has 2 rings (SSSR count). The van der Waals surface area contributed by atoms with Crippen molar-refractivity contribution in [3.63, 3.8) is 0 Å². The van der Waals surface area contributed by atoms with Crippen LogP contribution >= 0.6 is 0 Å². The fourth-order valence-corrected chi connectivity index (χ4v) is 2.06. The first-order valence-electron chi connectivity index (χ1n) is 6.83. The Bertz CT molecular complexity index is 597. The molecule has 0 atom stereocenters. The van der Waals surface area contributed by atoms with Crippen LogP contribution < -0.4 is 5.73 Å². The molecule has 108 valence electrons. The normalized spacial score (nSPS) is 10.1. The summed E-state index contributed by atoms with van der Waals surface area (Å²) in [6, 6.07) is 18.7. The third-order valence-corrected chi connectivity index (χ3v) is 3.15. The molecule has 4 heteroatoms. The molecular weight excluding hydrogens is 264 g/mol. The Kier molecular flexibility index (Phi) is 5.10. The molecule has 2 amide bonds. The molecule has 0 fully saturated rings. The van der Waals surface area contributed by atoms with Crippen LogP contribution in [0.25, 0.3) is 0 Å². The van der Waals surface area contributed by atoms with Gasteiger partial charge in [-0.2, -0.15) is 0 Å². The molecule has 0 aliphatic carbocycles. The summed E-state index contributed by atoms with van der Waals surface area (Å²) >= 11 is 0. The van der Waals surface area contributed by atoms with Gasteiger partial charge in [0.15, 0.2) is 0 Å². The number of benzene rings is 2. The van der Waals surface area contributed by atoms with Crippen molar-refractivity contribution in [2.45, 2.75) is 13.0 Å². The summed E-state index contributed by atoms with van der Waals surface area (Å²) in [6.07, 6.45) is 0.158. The number of hydrogen-bond acceptors (Lipinski definition) is 2. The third-order valence-electron chi connectivity index (χ3n) is 3.15. The smallest absolute Gasteiger partial charge is 0.254 e. The van der Waals surface area contributed by atoms with Gasteiger partial charge in [-0.1, -0.05) is 48.5 Å². The second-order valence-electron chi connectivity index (χ2n) is 4.79. The first kappa shape index (κ1) is 14.8. The largest absolute Gasteiger partial charge is 0.370 e. The lowest BCUT2D eigenvalue weighted by Crippen LogP contribution is -2.33. The second kappa shape index (κ2) is 7.24. The summed E-state index contributed by atoms with van der Waals surface area (Å²) in [5, 5.41) is 0. The number of nitrogens with zero attached hydrogens (tertiary/aromatic N) is 1. The minimum absolute atomic E-state index is 0.0966. The van der Waals surface area contributed by atoms with Crippen molar-refractivity contribution in [3.05, 3.63) is 71.8 Å². The summed E-state index contributed by atoms with van der Waals surface area (Å²) in [4.78, 5) is 25.2. The molecule has 0 heterocycles. The van der Waals surface area contributed by atoms with Crippen molar-refractivity contribution >= 4 is 11.8 Å². The molecule has 2 aromatic carbocycles. The van der Waals surface area contributed by atoms with Gasteiger partial charge in [-0.3, -0.25) is 9.59 Å². The SMILES string of the molecule is NC(=O)CCN(Cc1ccccc1)C(=O)c1ccccc1. The molecule has 0 unspecified atom stereocenters. The zero-order chi connectivity index (χ0) is 15.1. The van der Waals surface area contributed by atoms with Crippen molar-refractivity contribution in [1.29, 1.82) is 0 Å². The van der Waals surface area contributed by atoms with Gasteiger partial charge in [0, 0.05) is 25.1 Å². The number of hydrogen-bond donors (Lipinski definition) is 1. The average Bonchev–Trinajstić information content (AvgIpc) is 2.52. The van der Waals surface area contributed by atoms with E-state index in [0.717, 1.165) is 5.56 Å². The standard InChI is InChI=1S/C17H18N2O2/c18-16(20)11-12-19(13-14-7-3-1-4-8-14)17(21)15-9-5-2-6-10-15/h1-10H,11-13H2,(H2,18,20). The zero-order valence-electron chi connectivity index (χ0n) is 11.7. The van der Waals surface area contributed by atoms with Gasteiger partial charge in [0.05, 0.1) is 0 Å². The van der Waals surface area contributed by atoms with Crippen LogP contribution in [0.15, 0.2) is 60.7 Å². The number of carbonyl (C=O) groups excluding carboxylic acids is 2. The summed E-state index contributed by atoms with van der Waals surface area (Å²) in [5.74, 6) is -0.505. The molecule has 0 saturated carbocycles. The highest BCUT2D eigenvalue weighted by molar-refractivity contribution is 5.94.